The van der Waals surface area contributed by atoms with Crippen LogP contribution in [0.2, 0.25) is 0 Å². The lowest BCUT2D eigenvalue weighted by molar-refractivity contribution is -0.130. The molecule has 2 atom stereocenters. The lowest BCUT2D eigenvalue weighted by atomic mass is 10.0. The Balaban J connectivity index is 0.00000243. The number of anilines is 1. The number of amides is 2. The topological polar surface area (TPSA) is 70.7 Å². The summed E-state index contributed by atoms with van der Waals surface area (Å²) in [6.45, 7) is -0.893. The highest BCUT2D eigenvalue weighted by atomic mass is 35.5. The smallest absolute Gasteiger partial charge is 0.387 e. The van der Waals surface area contributed by atoms with Crippen LogP contribution in [0.25, 0.3) is 0 Å². The fraction of sp³-hybridized carbons (Fsp3) is 0.529. The first kappa shape index (κ1) is 20.4. The molecule has 2 saturated heterocycles. The predicted octanol–water partition coefficient (Wildman–Crippen LogP) is 1.93. The van der Waals surface area contributed by atoms with E-state index in [0.29, 0.717) is 25.2 Å². The fourth-order valence-corrected chi connectivity index (χ4v) is 3.24. The number of carbonyl (C=O) groups is 2. The van der Waals surface area contributed by atoms with E-state index in [0.717, 1.165) is 19.4 Å². The minimum absolute atomic E-state index is 0. The Hall–Kier alpha value is -1.93. The quantitative estimate of drug-likeness (QED) is 0.807. The van der Waals surface area contributed by atoms with Crippen molar-refractivity contribution in [2.75, 3.05) is 24.5 Å². The van der Waals surface area contributed by atoms with Crippen LogP contribution < -0.4 is 20.3 Å². The number of hydrogen-bond donors (Lipinski definition) is 2. The summed E-state index contributed by atoms with van der Waals surface area (Å²) in [6.07, 6.45) is 2.14. The molecule has 2 N–H and O–H groups in total. The van der Waals surface area contributed by atoms with E-state index in [-0.39, 0.29) is 35.9 Å². The van der Waals surface area contributed by atoms with E-state index in [2.05, 4.69) is 15.4 Å². The van der Waals surface area contributed by atoms with E-state index < -0.39 is 12.7 Å². The summed E-state index contributed by atoms with van der Waals surface area (Å²) in [5.74, 6) is -0.310. The number of halogens is 3. The van der Waals surface area contributed by atoms with Gasteiger partial charge in [0.25, 0.3) is 0 Å². The van der Waals surface area contributed by atoms with Gasteiger partial charge < -0.3 is 20.3 Å². The summed E-state index contributed by atoms with van der Waals surface area (Å²) in [5, 5.41) is 5.99. The molecule has 0 aromatic heterocycles. The Morgan fingerprint density at radius 3 is 2.62 bits per heavy atom. The molecule has 1 aromatic carbocycles. The zero-order valence-corrected chi connectivity index (χ0v) is 14.9. The Kier molecular flexibility index (Phi) is 7.16. The predicted molar refractivity (Wildman–Crippen MR) is 94.8 cm³/mol. The summed E-state index contributed by atoms with van der Waals surface area (Å²) in [4.78, 5) is 26.5. The van der Waals surface area contributed by atoms with Gasteiger partial charge in [0.15, 0.2) is 0 Å². The molecule has 2 amide bonds. The molecule has 0 radical (unpaired) electrons. The highest BCUT2D eigenvalue weighted by Gasteiger charge is 2.33. The molecule has 2 unspecified atom stereocenters. The van der Waals surface area contributed by atoms with Gasteiger partial charge in [0, 0.05) is 18.8 Å². The SMILES string of the molecule is Cl.O=C(NC1CCCN(c2ccc(OC(F)F)cc2)C1=O)C1CCNC1. The van der Waals surface area contributed by atoms with Gasteiger partial charge in [-0.2, -0.15) is 8.78 Å². The molecule has 2 heterocycles. The van der Waals surface area contributed by atoms with Crippen molar-refractivity contribution in [1.29, 1.82) is 0 Å². The standard InChI is InChI=1S/C17H21F2N3O3.ClH/c18-17(19)25-13-5-3-12(4-6-13)22-9-1-2-14(16(22)24)21-15(23)11-7-8-20-10-11;/h3-6,11,14,17,20H,1-2,7-10H2,(H,21,23);1H. The number of nitrogens with zero attached hydrogens (tertiary/aromatic N) is 1. The van der Waals surface area contributed by atoms with Crippen LogP contribution in [0.1, 0.15) is 19.3 Å². The van der Waals surface area contributed by atoms with Crippen molar-refractivity contribution in [1.82, 2.24) is 10.6 Å². The summed E-state index contributed by atoms with van der Waals surface area (Å²) >= 11 is 0. The summed E-state index contributed by atoms with van der Waals surface area (Å²) in [7, 11) is 0. The maximum Gasteiger partial charge on any atom is 0.387 e. The largest absolute Gasteiger partial charge is 0.435 e. The van der Waals surface area contributed by atoms with Gasteiger partial charge in [-0.25, -0.2) is 0 Å². The maximum atomic E-state index is 12.7. The van der Waals surface area contributed by atoms with Gasteiger partial charge in [-0.1, -0.05) is 0 Å². The average Bonchev–Trinajstić information content (AvgIpc) is 3.12. The van der Waals surface area contributed by atoms with Gasteiger partial charge >= 0.3 is 6.61 Å². The van der Waals surface area contributed by atoms with Crippen molar-refractivity contribution >= 4 is 29.9 Å². The third-order valence-corrected chi connectivity index (χ3v) is 4.56. The minimum Gasteiger partial charge on any atom is -0.435 e. The molecule has 0 spiro atoms. The van der Waals surface area contributed by atoms with Crippen LogP contribution in [0.15, 0.2) is 24.3 Å². The number of rotatable bonds is 5. The number of benzene rings is 1. The average molecular weight is 390 g/mol. The number of carbonyl (C=O) groups excluding carboxylic acids is 2. The van der Waals surface area contributed by atoms with Crippen molar-refractivity contribution < 1.29 is 23.1 Å². The van der Waals surface area contributed by atoms with Crippen LogP contribution in [0.3, 0.4) is 0 Å². The second kappa shape index (κ2) is 9.14. The molecule has 2 aliphatic rings. The number of hydrogen-bond acceptors (Lipinski definition) is 4. The monoisotopic (exact) mass is 389 g/mol. The molecule has 0 saturated carbocycles. The van der Waals surface area contributed by atoms with Crippen LogP contribution in [-0.4, -0.2) is 44.1 Å². The molecular weight excluding hydrogens is 368 g/mol. The Labute approximate surface area is 156 Å². The van der Waals surface area contributed by atoms with Crippen molar-refractivity contribution in [2.45, 2.75) is 31.9 Å². The second-order valence-electron chi connectivity index (χ2n) is 6.26. The summed E-state index contributed by atoms with van der Waals surface area (Å²) < 4.78 is 28.7. The van der Waals surface area contributed by atoms with Crippen molar-refractivity contribution in [3.05, 3.63) is 24.3 Å². The first-order chi connectivity index (χ1) is 12.0. The van der Waals surface area contributed by atoms with Gasteiger partial charge in [-0.05, 0) is 50.1 Å². The molecule has 26 heavy (non-hydrogen) atoms. The Morgan fingerprint density at radius 2 is 2.00 bits per heavy atom. The van der Waals surface area contributed by atoms with Crippen molar-refractivity contribution in [3.8, 4) is 5.75 Å². The second-order valence-corrected chi connectivity index (χ2v) is 6.26. The lowest BCUT2D eigenvalue weighted by Gasteiger charge is -2.33. The van der Waals surface area contributed by atoms with Crippen LogP contribution in [0.4, 0.5) is 14.5 Å². The highest BCUT2D eigenvalue weighted by molar-refractivity contribution is 6.00. The fourth-order valence-electron chi connectivity index (χ4n) is 3.24. The molecule has 2 fully saturated rings. The number of ether oxygens (including phenoxy) is 1. The lowest BCUT2D eigenvalue weighted by Crippen LogP contribution is -2.53. The van der Waals surface area contributed by atoms with E-state index >= 15 is 0 Å². The Bertz CT molecular complexity index is 624. The van der Waals surface area contributed by atoms with E-state index in [4.69, 9.17) is 0 Å². The van der Waals surface area contributed by atoms with Crippen molar-refractivity contribution in [2.24, 2.45) is 5.92 Å². The van der Waals surface area contributed by atoms with Gasteiger partial charge in [0.2, 0.25) is 11.8 Å². The summed E-state index contributed by atoms with van der Waals surface area (Å²) in [5.41, 5.74) is 0.605. The van der Waals surface area contributed by atoms with Crippen LogP contribution in [-0.2, 0) is 9.59 Å². The van der Waals surface area contributed by atoms with E-state index in [1.807, 2.05) is 0 Å². The number of alkyl halides is 2. The first-order valence-electron chi connectivity index (χ1n) is 8.42. The molecule has 3 rings (SSSR count). The Morgan fingerprint density at radius 1 is 1.27 bits per heavy atom. The molecule has 0 bridgehead atoms. The van der Waals surface area contributed by atoms with Gasteiger partial charge in [-0.15, -0.1) is 12.4 Å². The summed E-state index contributed by atoms with van der Waals surface area (Å²) in [6, 6.07) is 5.41. The molecule has 144 valence electrons. The highest BCUT2D eigenvalue weighted by Crippen LogP contribution is 2.25. The third-order valence-electron chi connectivity index (χ3n) is 4.56. The maximum absolute atomic E-state index is 12.7. The third kappa shape index (κ3) is 4.82. The van der Waals surface area contributed by atoms with Crippen LogP contribution in [0.5, 0.6) is 5.75 Å². The van der Waals surface area contributed by atoms with Gasteiger partial charge in [-0.3, -0.25) is 9.59 Å². The molecule has 0 aliphatic carbocycles. The number of nitrogens with one attached hydrogen (secondary N) is 2. The van der Waals surface area contributed by atoms with E-state index in [1.165, 1.54) is 12.1 Å². The minimum atomic E-state index is -2.88. The first-order valence-corrected chi connectivity index (χ1v) is 8.42. The van der Waals surface area contributed by atoms with Crippen LogP contribution in [0, 0.1) is 5.92 Å². The van der Waals surface area contributed by atoms with Crippen molar-refractivity contribution in [3.63, 3.8) is 0 Å². The van der Waals surface area contributed by atoms with E-state index in [1.54, 1.807) is 17.0 Å². The molecular formula is C17H22ClF2N3O3. The normalized spacial score (nSPS) is 22.9. The molecule has 1 aromatic rings. The molecule has 9 heteroatoms. The van der Waals surface area contributed by atoms with Gasteiger partial charge in [0.05, 0.1) is 5.92 Å². The molecule has 2 aliphatic heterocycles. The van der Waals surface area contributed by atoms with Gasteiger partial charge in [0.1, 0.15) is 11.8 Å². The zero-order chi connectivity index (χ0) is 17.8. The molecule has 6 nitrogen and oxygen atoms in total. The van der Waals surface area contributed by atoms with Crippen LogP contribution >= 0.6 is 12.4 Å². The van der Waals surface area contributed by atoms with E-state index in [9.17, 15) is 18.4 Å². The zero-order valence-electron chi connectivity index (χ0n) is 14.1. The number of piperidine rings is 1.